The van der Waals surface area contributed by atoms with Crippen molar-refractivity contribution in [1.82, 2.24) is 0 Å². The van der Waals surface area contributed by atoms with Crippen LogP contribution in [0.5, 0.6) is 0 Å². The van der Waals surface area contributed by atoms with Crippen molar-refractivity contribution in [3.8, 4) is 22.3 Å². The lowest BCUT2D eigenvalue weighted by Gasteiger charge is -2.22. The number of carbonyl (C=O) groups excluding carboxylic acids is 1. The van der Waals surface area contributed by atoms with Crippen molar-refractivity contribution in [3.05, 3.63) is 108 Å². The topological polar surface area (TPSA) is 23.6 Å². The fourth-order valence-electron chi connectivity index (χ4n) is 4.91. The van der Waals surface area contributed by atoms with Gasteiger partial charge in [0.1, 0.15) is 0 Å². The molecule has 3 heteroatoms. The third-order valence-corrected chi connectivity index (χ3v) is 6.94. The molecule has 0 radical (unpaired) electrons. The molecule has 3 nitrogen and oxygen atoms in total. The van der Waals surface area contributed by atoms with Crippen LogP contribution in [0.25, 0.3) is 22.3 Å². The van der Waals surface area contributed by atoms with Gasteiger partial charge in [-0.15, -0.1) is 0 Å². The van der Waals surface area contributed by atoms with Crippen LogP contribution in [0, 0.1) is 0 Å². The third-order valence-electron chi connectivity index (χ3n) is 6.94. The summed E-state index contributed by atoms with van der Waals surface area (Å²) in [6.07, 6.45) is 0. The summed E-state index contributed by atoms with van der Waals surface area (Å²) in [6, 6.07) is 33.0. The second-order valence-electron chi connectivity index (χ2n) is 8.86. The van der Waals surface area contributed by atoms with Crippen molar-refractivity contribution in [2.75, 3.05) is 36.0 Å². The number of benzene rings is 4. The summed E-state index contributed by atoms with van der Waals surface area (Å²) < 4.78 is 0. The molecule has 0 atom stereocenters. The highest BCUT2D eigenvalue weighted by molar-refractivity contribution is 6.14. The molecule has 4 rings (SSSR count). The van der Waals surface area contributed by atoms with Gasteiger partial charge in [-0.1, -0.05) is 72.8 Å². The van der Waals surface area contributed by atoms with Crippen LogP contribution in [0.15, 0.2) is 97.1 Å². The first-order chi connectivity index (χ1) is 17.6. The number of rotatable bonds is 10. The molecule has 0 aliphatic carbocycles. The molecular weight excluding hydrogens is 440 g/mol. The first-order valence-electron chi connectivity index (χ1n) is 13.0. The van der Waals surface area contributed by atoms with Crippen molar-refractivity contribution >= 4 is 17.2 Å². The number of anilines is 2. The lowest BCUT2D eigenvalue weighted by molar-refractivity contribution is 0.103. The van der Waals surface area contributed by atoms with Gasteiger partial charge in [-0.25, -0.2) is 0 Å². The number of nitrogens with zero attached hydrogens (tertiary/aromatic N) is 2. The van der Waals surface area contributed by atoms with Gasteiger partial charge in [-0.05, 0) is 68.7 Å². The molecule has 0 aliphatic heterocycles. The largest absolute Gasteiger partial charge is 0.372 e. The van der Waals surface area contributed by atoms with E-state index in [2.05, 4.69) is 92.1 Å². The summed E-state index contributed by atoms with van der Waals surface area (Å²) in [5, 5.41) is 0. The molecule has 0 amide bonds. The van der Waals surface area contributed by atoms with Crippen molar-refractivity contribution in [1.29, 1.82) is 0 Å². The second-order valence-corrected chi connectivity index (χ2v) is 8.86. The van der Waals surface area contributed by atoms with Crippen LogP contribution in [0.1, 0.15) is 43.6 Å². The predicted octanol–water partition coefficient (Wildman–Crippen LogP) is 7.94. The molecule has 0 aromatic heterocycles. The Bertz CT molecular complexity index is 1270. The van der Waals surface area contributed by atoms with Gasteiger partial charge in [0, 0.05) is 54.2 Å². The fraction of sp³-hybridized carbons (Fsp3) is 0.242. The molecule has 0 saturated heterocycles. The zero-order valence-electron chi connectivity index (χ0n) is 21.9. The second kappa shape index (κ2) is 11.7. The molecule has 0 unspecified atom stereocenters. The van der Waals surface area contributed by atoms with Gasteiger partial charge >= 0.3 is 0 Å². The van der Waals surface area contributed by atoms with Crippen LogP contribution in [0.2, 0.25) is 0 Å². The van der Waals surface area contributed by atoms with E-state index in [1.54, 1.807) is 0 Å². The quantitative estimate of drug-likeness (QED) is 0.217. The van der Waals surface area contributed by atoms with Gasteiger partial charge in [0.2, 0.25) is 0 Å². The minimum absolute atomic E-state index is 0.0417. The van der Waals surface area contributed by atoms with E-state index in [4.69, 9.17) is 0 Å². The number of hydrogen-bond acceptors (Lipinski definition) is 3. The standard InChI is InChI=1S/C33H36N2O/c1-5-34(6-2)28-21-17-25(18-22-28)30-15-12-16-31(33(36)27-13-10-9-11-14-27)32(30)26-19-23-29(24-20-26)35(7-3)8-4/h9-24H,5-8H2,1-4H3. The van der Waals surface area contributed by atoms with Gasteiger partial charge in [0.05, 0.1) is 0 Å². The summed E-state index contributed by atoms with van der Waals surface area (Å²) in [6.45, 7) is 12.6. The Hall–Kier alpha value is -3.85. The highest BCUT2D eigenvalue weighted by atomic mass is 16.1. The number of ketones is 1. The third kappa shape index (κ3) is 5.21. The van der Waals surface area contributed by atoms with Crippen LogP contribution >= 0.6 is 0 Å². The maximum Gasteiger partial charge on any atom is 0.193 e. The lowest BCUT2D eigenvalue weighted by Crippen LogP contribution is -2.21. The highest BCUT2D eigenvalue weighted by Gasteiger charge is 2.19. The van der Waals surface area contributed by atoms with E-state index in [0.717, 1.165) is 54.0 Å². The minimum atomic E-state index is 0.0417. The Morgan fingerprint density at radius 1 is 0.556 bits per heavy atom. The zero-order valence-corrected chi connectivity index (χ0v) is 21.9. The Labute approximate surface area is 216 Å². The molecule has 0 N–H and O–H groups in total. The summed E-state index contributed by atoms with van der Waals surface area (Å²) in [7, 11) is 0. The van der Waals surface area contributed by atoms with Crippen LogP contribution < -0.4 is 9.80 Å². The minimum Gasteiger partial charge on any atom is -0.372 e. The van der Waals surface area contributed by atoms with Gasteiger partial charge in [-0.3, -0.25) is 4.79 Å². The SMILES string of the molecule is CCN(CC)c1ccc(-c2cccc(C(=O)c3ccccc3)c2-c2ccc(N(CC)CC)cc2)cc1. The molecule has 4 aromatic carbocycles. The van der Waals surface area contributed by atoms with E-state index >= 15 is 0 Å². The molecule has 0 fully saturated rings. The summed E-state index contributed by atoms with van der Waals surface area (Å²) in [5.41, 5.74) is 8.04. The van der Waals surface area contributed by atoms with Gasteiger partial charge in [-0.2, -0.15) is 0 Å². The summed E-state index contributed by atoms with van der Waals surface area (Å²) in [4.78, 5) is 18.4. The predicted molar refractivity (Wildman–Crippen MR) is 154 cm³/mol. The molecule has 0 bridgehead atoms. The number of hydrogen-bond donors (Lipinski definition) is 0. The van der Waals surface area contributed by atoms with E-state index < -0.39 is 0 Å². The van der Waals surface area contributed by atoms with Crippen molar-refractivity contribution in [3.63, 3.8) is 0 Å². The van der Waals surface area contributed by atoms with E-state index in [-0.39, 0.29) is 5.78 Å². The fourth-order valence-corrected chi connectivity index (χ4v) is 4.91. The average Bonchev–Trinajstić information content (AvgIpc) is 2.95. The van der Waals surface area contributed by atoms with Crippen LogP contribution in [0.3, 0.4) is 0 Å². The van der Waals surface area contributed by atoms with E-state index in [0.29, 0.717) is 5.56 Å². The molecule has 36 heavy (non-hydrogen) atoms. The Morgan fingerprint density at radius 2 is 1.06 bits per heavy atom. The number of carbonyl (C=O) groups is 1. The first kappa shape index (κ1) is 25.2. The first-order valence-corrected chi connectivity index (χ1v) is 13.0. The highest BCUT2D eigenvalue weighted by Crippen LogP contribution is 2.37. The van der Waals surface area contributed by atoms with E-state index in [9.17, 15) is 4.79 Å². The molecule has 0 heterocycles. The maximum absolute atomic E-state index is 13.7. The lowest BCUT2D eigenvalue weighted by atomic mass is 9.87. The van der Waals surface area contributed by atoms with Gasteiger partial charge < -0.3 is 9.80 Å². The normalized spacial score (nSPS) is 10.8. The van der Waals surface area contributed by atoms with Crippen LogP contribution in [-0.4, -0.2) is 32.0 Å². The Kier molecular flexibility index (Phi) is 8.22. The Balaban J connectivity index is 1.86. The summed E-state index contributed by atoms with van der Waals surface area (Å²) >= 11 is 0. The molecular formula is C33H36N2O. The maximum atomic E-state index is 13.7. The zero-order chi connectivity index (χ0) is 25.5. The van der Waals surface area contributed by atoms with Crippen molar-refractivity contribution in [2.45, 2.75) is 27.7 Å². The van der Waals surface area contributed by atoms with Crippen molar-refractivity contribution in [2.24, 2.45) is 0 Å². The van der Waals surface area contributed by atoms with Gasteiger partial charge in [0.25, 0.3) is 0 Å². The van der Waals surface area contributed by atoms with Crippen LogP contribution in [-0.2, 0) is 0 Å². The molecule has 184 valence electrons. The smallest absolute Gasteiger partial charge is 0.193 e. The molecule has 0 aliphatic rings. The van der Waals surface area contributed by atoms with Gasteiger partial charge in [0.15, 0.2) is 5.78 Å². The van der Waals surface area contributed by atoms with E-state index in [1.807, 2.05) is 42.5 Å². The molecule has 4 aromatic rings. The van der Waals surface area contributed by atoms with Crippen molar-refractivity contribution < 1.29 is 4.79 Å². The summed E-state index contributed by atoms with van der Waals surface area (Å²) in [5.74, 6) is 0.0417. The van der Waals surface area contributed by atoms with Crippen LogP contribution in [0.4, 0.5) is 11.4 Å². The Morgan fingerprint density at radius 3 is 1.56 bits per heavy atom. The van der Waals surface area contributed by atoms with E-state index in [1.165, 1.54) is 11.4 Å². The average molecular weight is 477 g/mol. The monoisotopic (exact) mass is 476 g/mol. The molecule has 0 spiro atoms. The molecule has 0 saturated carbocycles.